The molecule has 0 unspecified atom stereocenters. The van der Waals surface area contributed by atoms with Crippen LogP contribution in [0.15, 0.2) is 35.4 Å². The normalized spacial score (nSPS) is 11.8. The summed E-state index contributed by atoms with van der Waals surface area (Å²) in [4.78, 5) is 12.0. The third kappa shape index (κ3) is 3.70. The molecule has 0 radical (unpaired) electrons. The number of aromatic amines is 1. The van der Waals surface area contributed by atoms with E-state index >= 15 is 0 Å². The first-order chi connectivity index (χ1) is 9.99. The summed E-state index contributed by atoms with van der Waals surface area (Å²) in [5.41, 5.74) is 5.12. The standard InChI is InChI=1S/C15H17ClN4O/c1-9(2)13-8-14(19-18-13)15(21)20-17-10(3)11-6-4-5-7-12(11)16/h4-9H,1-3H3,(H,18,19)(H,20,21)/b17-10+. The molecule has 0 saturated carbocycles. The first kappa shape index (κ1) is 15.3. The summed E-state index contributed by atoms with van der Waals surface area (Å²) >= 11 is 6.08. The van der Waals surface area contributed by atoms with Crippen molar-refractivity contribution in [2.75, 3.05) is 0 Å². The molecule has 1 heterocycles. The van der Waals surface area contributed by atoms with Gasteiger partial charge in [-0.2, -0.15) is 10.2 Å². The number of nitrogens with zero attached hydrogens (tertiary/aromatic N) is 2. The number of benzene rings is 1. The summed E-state index contributed by atoms with van der Waals surface area (Å²) in [6, 6.07) is 9.05. The van der Waals surface area contributed by atoms with E-state index in [1.54, 1.807) is 19.1 Å². The van der Waals surface area contributed by atoms with Gasteiger partial charge in [0, 0.05) is 16.3 Å². The molecule has 2 rings (SSSR count). The first-order valence-electron chi connectivity index (χ1n) is 6.64. The van der Waals surface area contributed by atoms with Gasteiger partial charge in [-0.05, 0) is 25.0 Å². The van der Waals surface area contributed by atoms with Crippen LogP contribution in [0.4, 0.5) is 0 Å². The van der Waals surface area contributed by atoms with Crippen molar-refractivity contribution in [2.45, 2.75) is 26.7 Å². The lowest BCUT2D eigenvalue weighted by Gasteiger charge is -2.03. The van der Waals surface area contributed by atoms with Crippen molar-refractivity contribution in [3.05, 3.63) is 52.3 Å². The SMILES string of the molecule is C/C(=N\NC(=O)c1cc(C(C)C)[nH]n1)c1ccccc1Cl. The molecule has 0 aliphatic rings. The van der Waals surface area contributed by atoms with E-state index in [9.17, 15) is 4.79 Å². The largest absolute Gasteiger partial charge is 0.291 e. The molecule has 1 amide bonds. The highest BCUT2D eigenvalue weighted by Crippen LogP contribution is 2.15. The molecule has 0 fully saturated rings. The molecule has 1 aromatic heterocycles. The zero-order valence-electron chi connectivity index (χ0n) is 12.1. The highest BCUT2D eigenvalue weighted by molar-refractivity contribution is 6.34. The predicted octanol–water partition coefficient (Wildman–Crippen LogP) is 3.34. The van der Waals surface area contributed by atoms with Crippen molar-refractivity contribution in [3.63, 3.8) is 0 Å². The van der Waals surface area contributed by atoms with Crippen LogP contribution in [0, 0.1) is 0 Å². The van der Waals surface area contributed by atoms with Gasteiger partial charge in [-0.15, -0.1) is 0 Å². The summed E-state index contributed by atoms with van der Waals surface area (Å²) in [5.74, 6) is -0.0723. The highest BCUT2D eigenvalue weighted by Gasteiger charge is 2.12. The number of aromatic nitrogens is 2. The van der Waals surface area contributed by atoms with E-state index in [0.717, 1.165) is 11.3 Å². The van der Waals surface area contributed by atoms with Crippen molar-refractivity contribution < 1.29 is 4.79 Å². The van der Waals surface area contributed by atoms with Gasteiger partial charge >= 0.3 is 0 Å². The Balaban J connectivity index is 2.09. The lowest BCUT2D eigenvalue weighted by molar-refractivity contribution is 0.0950. The van der Waals surface area contributed by atoms with Gasteiger partial charge in [0.15, 0.2) is 5.69 Å². The van der Waals surface area contributed by atoms with E-state index in [0.29, 0.717) is 16.4 Å². The molecule has 0 aliphatic carbocycles. The zero-order valence-corrected chi connectivity index (χ0v) is 12.9. The quantitative estimate of drug-likeness (QED) is 0.672. The van der Waals surface area contributed by atoms with Gasteiger partial charge in [-0.1, -0.05) is 43.6 Å². The van der Waals surface area contributed by atoms with Gasteiger partial charge in [-0.3, -0.25) is 9.89 Å². The maximum absolute atomic E-state index is 12.0. The second kappa shape index (κ2) is 6.54. The van der Waals surface area contributed by atoms with Crippen molar-refractivity contribution in [2.24, 2.45) is 5.10 Å². The molecule has 0 aliphatic heterocycles. The Kier molecular flexibility index (Phi) is 4.75. The number of hydrogen-bond acceptors (Lipinski definition) is 3. The Morgan fingerprint density at radius 2 is 2.10 bits per heavy atom. The molecule has 0 spiro atoms. The minimum Gasteiger partial charge on any atom is -0.282 e. The van der Waals surface area contributed by atoms with Crippen LogP contribution in [0.3, 0.4) is 0 Å². The van der Waals surface area contributed by atoms with Gasteiger partial charge in [0.05, 0.1) is 5.71 Å². The average molecular weight is 305 g/mol. The fourth-order valence-corrected chi connectivity index (χ4v) is 2.03. The van der Waals surface area contributed by atoms with Crippen LogP contribution in [-0.2, 0) is 0 Å². The molecule has 0 bridgehead atoms. The minimum atomic E-state index is -0.357. The van der Waals surface area contributed by atoms with Crippen LogP contribution < -0.4 is 5.43 Å². The second-order valence-electron chi connectivity index (χ2n) is 4.98. The average Bonchev–Trinajstić information content (AvgIpc) is 2.95. The first-order valence-corrected chi connectivity index (χ1v) is 7.01. The molecule has 2 aromatic rings. The number of amides is 1. The summed E-state index contributed by atoms with van der Waals surface area (Å²) in [6.45, 7) is 5.83. The number of carbonyl (C=O) groups is 1. The number of hydrogen-bond donors (Lipinski definition) is 2. The van der Waals surface area contributed by atoms with Gasteiger partial charge in [0.2, 0.25) is 0 Å². The Morgan fingerprint density at radius 3 is 2.71 bits per heavy atom. The summed E-state index contributed by atoms with van der Waals surface area (Å²) in [7, 11) is 0. The molecule has 6 heteroatoms. The number of H-pyrrole nitrogens is 1. The smallest absolute Gasteiger partial charge is 0.282 e. The maximum Gasteiger partial charge on any atom is 0.291 e. The van der Waals surface area contributed by atoms with Crippen molar-refractivity contribution in [1.29, 1.82) is 0 Å². The van der Waals surface area contributed by atoms with Crippen molar-refractivity contribution in [3.8, 4) is 0 Å². The van der Waals surface area contributed by atoms with E-state index in [-0.39, 0.29) is 11.8 Å². The van der Waals surface area contributed by atoms with E-state index in [1.807, 2.05) is 32.0 Å². The van der Waals surface area contributed by atoms with Crippen LogP contribution in [-0.4, -0.2) is 21.8 Å². The third-order valence-electron chi connectivity index (χ3n) is 3.04. The molecule has 0 saturated heterocycles. The third-order valence-corrected chi connectivity index (χ3v) is 3.37. The van der Waals surface area contributed by atoms with Crippen LogP contribution in [0.5, 0.6) is 0 Å². The zero-order chi connectivity index (χ0) is 15.4. The topological polar surface area (TPSA) is 70.1 Å². The van der Waals surface area contributed by atoms with Crippen molar-refractivity contribution >= 4 is 23.2 Å². The number of halogens is 1. The maximum atomic E-state index is 12.0. The number of nitrogens with one attached hydrogen (secondary N) is 2. The summed E-state index contributed by atoms with van der Waals surface area (Å²) < 4.78 is 0. The lowest BCUT2D eigenvalue weighted by atomic mass is 10.1. The van der Waals surface area contributed by atoms with Gasteiger partial charge in [0.25, 0.3) is 5.91 Å². The highest BCUT2D eigenvalue weighted by atomic mass is 35.5. The second-order valence-corrected chi connectivity index (χ2v) is 5.39. The van der Waals surface area contributed by atoms with E-state index < -0.39 is 0 Å². The Hall–Kier alpha value is -2.14. The van der Waals surface area contributed by atoms with E-state index in [4.69, 9.17) is 11.6 Å². The molecule has 1 aromatic carbocycles. The monoisotopic (exact) mass is 304 g/mol. The van der Waals surface area contributed by atoms with Crippen molar-refractivity contribution in [1.82, 2.24) is 15.6 Å². The van der Waals surface area contributed by atoms with Gasteiger partial charge in [0.1, 0.15) is 0 Å². The summed E-state index contributed by atoms with van der Waals surface area (Å²) in [6.07, 6.45) is 0. The molecular formula is C15H17ClN4O. The Morgan fingerprint density at radius 1 is 1.38 bits per heavy atom. The lowest BCUT2D eigenvalue weighted by Crippen LogP contribution is -2.19. The van der Waals surface area contributed by atoms with Gasteiger partial charge < -0.3 is 0 Å². The predicted molar refractivity (Wildman–Crippen MR) is 83.8 cm³/mol. The Labute approximate surface area is 128 Å². The number of hydrazone groups is 1. The molecule has 2 N–H and O–H groups in total. The van der Waals surface area contributed by atoms with Crippen LogP contribution in [0.1, 0.15) is 48.4 Å². The molecule has 21 heavy (non-hydrogen) atoms. The van der Waals surface area contributed by atoms with E-state index in [2.05, 4.69) is 20.7 Å². The van der Waals surface area contributed by atoms with Crippen LogP contribution >= 0.6 is 11.6 Å². The molecule has 0 atom stereocenters. The van der Waals surface area contributed by atoms with Crippen LogP contribution in [0.2, 0.25) is 5.02 Å². The minimum absolute atomic E-state index is 0.285. The van der Waals surface area contributed by atoms with E-state index in [1.165, 1.54) is 0 Å². The number of rotatable bonds is 4. The molecular weight excluding hydrogens is 288 g/mol. The molecule has 5 nitrogen and oxygen atoms in total. The fraction of sp³-hybridized carbons (Fsp3) is 0.267. The number of carbonyl (C=O) groups excluding carboxylic acids is 1. The molecule has 110 valence electrons. The Bertz CT molecular complexity index is 676. The van der Waals surface area contributed by atoms with Gasteiger partial charge in [-0.25, -0.2) is 5.43 Å². The fourth-order valence-electron chi connectivity index (χ4n) is 1.76. The van der Waals surface area contributed by atoms with Crippen LogP contribution in [0.25, 0.3) is 0 Å². The summed E-state index contributed by atoms with van der Waals surface area (Å²) in [5, 5.41) is 11.5.